The monoisotopic (exact) mass is 442 g/mol. The van der Waals surface area contributed by atoms with E-state index in [1.54, 1.807) is 4.90 Å². The summed E-state index contributed by atoms with van der Waals surface area (Å²) < 4.78 is 29.3. The van der Waals surface area contributed by atoms with Gasteiger partial charge in [-0.3, -0.25) is 4.90 Å². The summed E-state index contributed by atoms with van der Waals surface area (Å²) in [6, 6.07) is 16.1. The SMILES string of the molecule is O=C(OCC1c2ccccc2-c2ccccc21)N1CCN(C2CS(=O)(=O)CC2O)CC1. The highest BCUT2D eigenvalue weighted by Gasteiger charge is 2.41. The molecule has 1 aliphatic carbocycles. The van der Waals surface area contributed by atoms with E-state index < -0.39 is 15.9 Å². The normalized spacial score (nSPS) is 25.3. The summed E-state index contributed by atoms with van der Waals surface area (Å²) in [5.41, 5.74) is 4.74. The Morgan fingerprint density at radius 2 is 1.52 bits per heavy atom. The van der Waals surface area contributed by atoms with Gasteiger partial charge in [0.2, 0.25) is 0 Å². The van der Waals surface area contributed by atoms with E-state index >= 15 is 0 Å². The van der Waals surface area contributed by atoms with Gasteiger partial charge in [-0.1, -0.05) is 48.5 Å². The molecule has 5 rings (SSSR count). The fraction of sp³-hybridized carbons (Fsp3) is 0.435. The van der Waals surface area contributed by atoms with Crippen LogP contribution >= 0.6 is 0 Å². The summed E-state index contributed by atoms with van der Waals surface area (Å²) in [5, 5.41) is 10.1. The minimum atomic E-state index is -3.19. The van der Waals surface area contributed by atoms with Crippen LogP contribution in [0.4, 0.5) is 4.79 Å². The minimum absolute atomic E-state index is 0.0148. The average Bonchev–Trinajstić information content (AvgIpc) is 3.24. The second kappa shape index (κ2) is 7.93. The number of fused-ring (bicyclic) bond motifs is 3. The number of aliphatic hydroxyl groups excluding tert-OH is 1. The molecule has 164 valence electrons. The Kier molecular flexibility index (Phi) is 5.24. The lowest BCUT2D eigenvalue weighted by Crippen LogP contribution is -2.54. The Balaban J connectivity index is 1.20. The second-order valence-corrected chi connectivity index (χ2v) is 10.7. The average molecular weight is 443 g/mol. The van der Waals surface area contributed by atoms with Crippen LogP contribution in [0, 0.1) is 0 Å². The van der Waals surface area contributed by atoms with Crippen LogP contribution in [-0.2, 0) is 14.6 Å². The topological polar surface area (TPSA) is 87.2 Å². The van der Waals surface area contributed by atoms with Gasteiger partial charge in [0.1, 0.15) is 6.61 Å². The molecule has 2 aromatic rings. The fourth-order valence-corrected chi connectivity index (χ4v) is 6.91. The van der Waals surface area contributed by atoms with Crippen LogP contribution in [0.25, 0.3) is 11.1 Å². The quantitative estimate of drug-likeness (QED) is 0.779. The van der Waals surface area contributed by atoms with Gasteiger partial charge in [-0.05, 0) is 22.3 Å². The number of hydrogen-bond acceptors (Lipinski definition) is 6. The standard InChI is InChI=1S/C23H26N2O5S/c26-22-15-31(28,29)14-21(22)24-9-11-25(12-10-24)23(27)30-13-20-18-7-3-1-5-16(18)17-6-2-4-8-19(17)20/h1-8,20-22,26H,9-15H2. The molecule has 0 aromatic heterocycles. The third-order valence-electron chi connectivity index (χ3n) is 6.67. The molecule has 0 saturated carbocycles. The molecular formula is C23H26N2O5S. The van der Waals surface area contributed by atoms with Gasteiger partial charge in [-0.15, -0.1) is 0 Å². The third-order valence-corrected chi connectivity index (χ3v) is 8.37. The van der Waals surface area contributed by atoms with Crippen LogP contribution in [0.2, 0.25) is 0 Å². The van der Waals surface area contributed by atoms with E-state index in [1.807, 2.05) is 29.2 Å². The van der Waals surface area contributed by atoms with Gasteiger partial charge in [0.15, 0.2) is 9.84 Å². The van der Waals surface area contributed by atoms with Gasteiger partial charge in [-0.25, -0.2) is 13.2 Å². The van der Waals surface area contributed by atoms with Gasteiger partial charge in [0, 0.05) is 32.1 Å². The first kappa shape index (κ1) is 20.5. The molecule has 2 aromatic carbocycles. The third kappa shape index (κ3) is 3.84. The minimum Gasteiger partial charge on any atom is -0.448 e. The molecule has 0 spiro atoms. The first-order valence-corrected chi connectivity index (χ1v) is 12.5. The van der Waals surface area contributed by atoms with Crippen LogP contribution in [0.5, 0.6) is 0 Å². The van der Waals surface area contributed by atoms with Crippen LogP contribution in [0.15, 0.2) is 48.5 Å². The number of hydrogen-bond donors (Lipinski definition) is 1. The zero-order valence-electron chi connectivity index (χ0n) is 17.2. The Bertz CT molecular complexity index is 1050. The fourth-order valence-electron chi connectivity index (χ4n) is 5.08. The molecule has 8 heteroatoms. The Morgan fingerprint density at radius 1 is 0.935 bits per heavy atom. The van der Waals surface area contributed by atoms with E-state index in [9.17, 15) is 18.3 Å². The highest BCUT2D eigenvalue weighted by atomic mass is 32.2. The summed E-state index contributed by atoms with van der Waals surface area (Å²) in [6.07, 6.45) is -1.20. The molecular weight excluding hydrogens is 416 g/mol. The molecule has 2 atom stereocenters. The number of rotatable bonds is 3. The van der Waals surface area contributed by atoms with Gasteiger partial charge >= 0.3 is 6.09 Å². The van der Waals surface area contributed by atoms with Crippen molar-refractivity contribution in [2.24, 2.45) is 0 Å². The maximum Gasteiger partial charge on any atom is 0.409 e. The predicted octanol–water partition coefficient (Wildman–Crippen LogP) is 1.71. The number of amides is 1. The molecule has 1 N–H and O–H groups in total. The molecule has 3 aliphatic rings. The lowest BCUT2D eigenvalue weighted by molar-refractivity contribution is 0.0359. The summed E-state index contributed by atoms with van der Waals surface area (Å²) in [6.45, 7) is 2.26. The number of carbonyl (C=O) groups is 1. The number of benzene rings is 2. The van der Waals surface area contributed by atoms with E-state index in [2.05, 4.69) is 24.3 Å². The first-order chi connectivity index (χ1) is 14.9. The molecule has 2 heterocycles. The van der Waals surface area contributed by atoms with Gasteiger partial charge in [0.25, 0.3) is 0 Å². The lowest BCUT2D eigenvalue weighted by atomic mass is 9.98. The predicted molar refractivity (Wildman–Crippen MR) is 117 cm³/mol. The Labute approximate surface area is 182 Å². The van der Waals surface area contributed by atoms with Crippen molar-refractivity contribution in [3.05, 3.63) is 59.7 Å². The number of piperazine rings is 1. The summed E-state index contributed by atoms with van der Waals surface area (Å²) in [7, 11) is -3.19. The molecule has 31 heavy (non-hydrogen) atoms. The van der Waals surface area contributed by atoms with Crippen molar-refractivity contribution in [3.63, 3.8) is 0 Å². The summed E-state index contributed by atoms with van der Waals surface area (Å²) in [4.78, 5) is 16.4. The zero-order chi connectivity index (χ0) is 21.6. The van der Waals surface area contributed by atoms with Crippen molar-refractivity contribution in [2.75, 3.05) is 44.3 Å². The largest absolute Gasteiger partial charge is 0.448 e. The molecule has 2 fully saturated rings. The van der Waals surface area contributed by atoms with Crippen LogP contribution in [-0.4, -0.2) is 85.9 Å². The van der Waals surface area contributed by atoms with E-state index in [0.717, 1.165) is 0 Å². The van der Waals surface area contributed by atoms with Crippen LogP contribution in [0.1, 0.15) is 17.0 Å². The number of carbonyl (C=O) groups excluding carboxylic acids is 1. The van der Waals surface area contributed by atoms with Crippen molar-refractivity contribution in [1.82, 2.24) is 9.80 Å². The van der Waals surface area contributed by atoms with Gasteiger partial charge in [-0.2, -0.15) is 0 Å². The molecule has 0 radical (unpaired) electrons. The van der Waals surface area contributed by atoms with Gasteiger partial charge in [0.05, 0.1) is 23.7 Å². The van der Waals surface area contributed by atoms with E-state index in [-0.39, 0.29) is 36.2 Å². The van der Waals surface area contributed by atoms with E-state index in [4.69, 9.17) is 4.74 Å². The van der Waals surface area contributed by atoms with Crippen LogP contribution in [0.3, 0.4) is 0 Å². The van der Waals surface area contributed by atoms with Crippen LogP contribution < -0.4 is 0 Å². The summed E-state index contributed by atoms with van der Waals surface area (Å²) in [5.74, 6) is -0.167. The smallest absolute Gasteiger partial charge is 0.409 e. The highest BCUT2D eigenvalue weighted by Crippen LogP contribution is 2.44. The van der Waals surface area contributed by atoms with Crippen molar-refractivity contribution in [2.45, 2.75) is 18.1 Å². The molecule has 1 amide bonds. The maximum absolute atomic E-state index is 12.7. The zero-order valence-corrected chi connectivity index (χ0v) is 18.0. The van der Waals surface area contributed by atoms with E-state index in [0.29, 0.717) is 26.2 Å². The first-order valence-electron chi connectivity index (χ1n) is 10.7. The van der Waals surface area contributed by atoms with E-state index in [1.165, 1.54) is 22.3 Å². The highest BCUT2D eigenvalue weighted by molar-refractivity contribution is 7.91. The molecule has 2 aliphatic heterocycles. The Hall–Kier alpha value is -2.42. The van der Waals surface area contributed by atoms with Crippen molar-refractivity contribution >= 4 is 15.9 Å². The summed E-state index contributed by atoms with van der Waals surface area (Å²) >= 11 is 0. The number of nitrogens with zero attached hydrogens (tertiary/aromatic N) is 2. The van der Waals surface area contributed by atoms with Crippen molar-refractivity contribution in [3.8, 4) is 11.1 Å². The molecule has 0 bridgehead atoms. The molecule has 2 unspecified atom stereocenters. The molecule has 2 saturated heterocycles. The van der Waals surface area contributed by atoms with Crippen molar-refractivity contribution < 1.29 is 23.1 Å². The Morgan fingerprint density at radius 3 is 2.06 bits per heavy atom. The molecule has 7 nitrogen and oxygen atoms in total. The lowest BCUT2D eigenvalue weighted by Gasteiger charge is -2.38. The number of sulfone groups is 1. The van der Waals surface area contributed by atoms with Gasteiger partial charge < -0.3 is 14.7 Å². The van der Waals surface area contributed by atoms with Crippen molar-refractivity contribution in [1.29, 1.82) is 0 Å². The number of ether oxygens (including phenoxy) is 1. The second-order valence-electron chi connectivity index (χ2n) is 8.54. The maximum atomic E-state index is 12.7. The number of aliphatic hydroxyl groups is 1.